The van der Waals surface area contributed by atoms with E-state index in [4.69, 9.17) is 0 Å². The number of fused-ring (bicyclic) bond motifs is 1. The molecular formula is C9H10N2. The Balaban J connectivity index is 2.39. The third kappa shape index (κ3) is 1.11. The van der Waals surface area contributed by atoms with Gasteiger partial charge in [0.15, 0.2) is 0 Å². The lowest BCUT2D eigenvalue weighted by molar-refractivity contribution is 0.883. The highest BCUT2D eigenvalue weighted by atomic mass is 15.1. The van der Waals surface area contributed by atoms with Crippen LogP contribution in [0.4, 0.5) is 0 Å². The topological polar surface area (TPSA) is 24.4 Å². The molecule has 0 saturated carbocycles. The second-order valence-electron chi connectivity index (χ2n) is 2.77. The number of aliphatic imine (C=N–C) groups is 1. The maximum atomic E-state index is 4.20. The quantitative estimate of drug-likeness (QED) is 0.548. The monoisotopic (exact) mass is 146 g/mol. The molecule has 0 fully saturated rings. The van der Waals surface area contributed by atoms with Crippen LogP contribution >= 0.6 is 0 Å². The number of rotatable bonds is 0. The predicted octanol–water partition coefficient (Wildman–Crippen LogP) is 1.39. The maximum Gasteiger partial charge on any atom is 0.0891 e. The minimum Gasteiger partial charge on any atom is -0.364 e. The van der Waals surface area contributed by atoms with Gasteiger partial charge in [-0.05, 0) is 18.6 Å². The molecule has 2 rings (SSSR count). The molecular weight excluding hydrogens is 136 g/mol. The summed E-state index contributed by atoms with van der Waals surface area (Å²) in [6.45, 7) is 2.08. The fourth-order valence-electron chi connectivity index (χ4n) is 1.24. The van der Waals surface area contributed by atoms with Crippen LogP contribution in [0.3, 0.4) is 0 Å². The van der Waals surface area contributed by atoms with E-state index < -0.39 is 0 Å². The van der Waals surface area contributed by atoms with Crippen LogP contribution in [0.2, 0.25) is 0 Å². The van der Waals surface area contributed by atoms with E-state index in [2.05, 4.69) is 41.5 Å². The Labute approximate surface area is 66.0 Å². The number of hydrogen-bond acceptors (Lipinski definition) is 2. The molecule has 1 N–H and O–H groups in total. The fraction of sp³-hybridized carbons (Fsp3) is 0.222. The molecule has 0 amide bonds. The zero-order chi connectivity index (χ0) is 7.68. The van der Waals surface area contributed by atoms with Crippen molar-refractivity contribution in [3.63, 3.8) is 0 Å². The van der Waals surface area contributed by atoms with Gasteiger partial charge in [-0.3, -0.25) is 0 Å². The summed E-state index contributed by atoms with van der Waals surface area (Å²) in [5.74, 6) is 0. The lowest BCUT2D eigenvalue weighted by Crippen LogP contribution is -2.20. The molecule has 0 radical (unpaired) electrons. The van der Waals surface area contributed by atoms with Gasteiger partial charge in [0.05, 0.1) is 18.1 Å². The molecule has 1 aliphatic heterocycles. The molecule has 0 aromatic carbocycles. The first-order valence-electron chi connectivity index (χ1n) is 3.71. The summed E-state index contributed by atoms with van der Waals surface area (Å²) in [4.78, 5) is 4.20. The summed E-state index contributed by atoms with van der Waals surface area (Å²) in [5, 5.41) is 3.14. The lowest BCUT2D eigenvalue weighted by Gasteiger charge is -2.02. The molecule has 1 aliphatic carbocycles. The largest absolute Gasteiger partial charge is 0.364 e. The minimum absolute atomic E-state index is 0.295. The molecule has 56 valence electrons. The maximum absolute atomic E-state index is 4.20. The van der Waals surface area contributed by atoms with Crippen molar-refractivity contribution < 1.29 is 0 Å². The number of nitrogens with zero attached hydrogens (tertiary/aromatic N) is 1. The van der Waals surface area contributed by atoms with E-state index in [0.29, 0.717) is 6.04 Å². The highest BCUT2D eigenvalue weighted by Gasteiger charge is 2.13. The molecule has 11 heavy (non-hydrogen) atoms. The average Bonchev–Trinajstić information content (AvgIpc) is 2.31. The van der Waals surface area contributed by atoms with Gasteiger partial charge in [0.1, 0.15) is 0 Å². The normalized spacial score (nSPS) is 26.8. The molecule has 2 nitrogen and oxygen atoms in total. The second-order valence-corrected chi connectivity index (χ2v) is 2.77. The van der Waals surface area contributed by atoms with Crippen LogP contribution < -0.4 is 5.32 Å². The van der Waals surface area contributed by atoms with E-state index >= 15 is 0 Å². The van der Waals surface area contributed by atoms with Crippen LogP contribution in [-0.2, 0) is 0 Å². The van der Waals surface area contributed by atoms with Crippen LogP contribution in [0.1, 0.15) is 6.92 Å². The first-order valence-corrected chi connectivity index (χ1v) is 3.71. The summed E-state index contributed by atoms with van der Waals surface area (Å²) in [6.07, 6.45) is 10.1. The molecule has 0 bridgehead atoms. The Hall–Kier alpha value is -1.31. The summed E-state index contributed by atoms with van der Waals surface area (Å²) < 4.78 is 0. The summed E-state index contributed by atoms with van der Waals surface area (Å²) >= 11 is 0. The third-order valence-electron chi connectivity index (χ3n) is 1.82. The number of hydrogen-bond donors (Lipinski definition) is 1. The van der Waals surface area contributed by atoms with E-state index in [1.807, 2.05) is 0 Å². The van der Waals surface area contributed by atoms with Crippen molar-refractivity contribution in [1.82, 2.24) is 5.32 Å². The molecule has 0 aromatic heterocycles. The lowest BCUT2D eigenvalue weighted by atomic mass is 10.2. The Morgan fingerprint density at radius 3 is 3.36 bits per heavy atom. The first-order chi connectivity index (χ1) is 5.36. The summed E-state index contributed by atoms with van der Waals surface area (Å²) in [6, 6.07) is 0.295. The van der Waals surface area contributed by atoms with Gasteiger partial charge in [0.2, 0.25) is 0 Å². The van der Waals surface area contributed by atoms with Crippen molar-refractivity contribution in [3.05, 3.63) is 35.6 Å². The van der Waals surface area contributed by atoms with Crippen LogP contribution in [0.25, 0.3) is 0 Å². The molecule has 0 spiro atoms. The van der Waals surface area contributed by atoms with E-state index in [1.165, 1.54) is 5.57 Å². The highest BCUT2D eigenvalue weighted by Crippen LogP contribution is 2.15. The number of nitrogens with one attached hydrogen (secondary N) is 1. The zero-order valence-corrected chi connectivity index (χ0v) is 6.41. The van der Waals surface area contributed by atoms with Crippen molar-refractivity contribution in [2.45, 2.75) is 13.0 Å². The Bertz CT molecular complexity index is 282. The standard InChI is InChI=1S/C9H10N2/c1-7-3-2-4-8-9(5-7)11-6-10-8/h2-6,8H,1H3,(H,10,11). The number of allylic oxidation sites excluding steroid dienone is 4. The molecule has 1 atom stereocenters. The van der Waals surface area contributed by atoms with Crippen LogP contribution in [-0.4, -0.2) is 12.4 Å². The molecule has 1 heterocycles. The Morgan fingerprint density at radius 2 is 2.45 bits per heavy atom. The van der Waals surface area contributed by atoms with E-state index in [0.717, 1.165) is 5.70 Å². The van der Waals surface area contributed by atoms with Crippen molar-refractivity contribution >= 4 is 6.34 Å². The second kappa shape index (κ2) is 2.38. The molecule has 0 saturated heterocycles. The minimum atomic E-state index is 0.295. The summed E-state index contributed by atoms with van der Waals surface area (Å²) in [5.41, 5.74) is 2.35. The van der Waals surface area contributed by atoms with Crippen LogP contribution in [0, 0.1) is 0 Å². The van der Waals surface area contributed by atoms with Crippen molar-refractivity contribution in [3.8, 4) is 0 Å². The highest BCUT2D eigenvalue weighted by molar-refractivity contribution is 5.64. The molecule has 2 heteroatoms. The van der Waals surface area contributed by atoms with Crippen LogP contribution in [0.5, 0.6) is 0 Å². The third-order valence-corrected chi connectivity index (χ3v) is 1.82. The van der Waals surface area contributed by atoms with E-state index in [1.54, 1.807) is 6.34 Å². The van der Waals surface area contributed by atoms with Crippen molar-refractivity contribution in [1.29, 1.82) is 0 Å². The molecule has 2 aliphatic rings. The fourth-order valence-corrected chi connectivity index (χ4v) is 1.24. The van der Waals surface area contributed by atoms with Gasteiger partial charge in [-0.15, -0.1) is 0 Å². The van der Waals surface area contributed by atoms with Gasteiger partial charge < -0.3 is 5.32 Å². The summed E-state index contributed by atoms with van der Waals surface area (Å²) in [7, 11) is 0. The Morgan fingerprint density at radius 1 is 1.55 bits per heavy atom. The van der Waals surface area contributed by atoms with Gasteiger partial charge in [0, 0.05) is 0 Å². The molecule has 1 unspecified atom stereocenters. The Kier molecular flexibility index (Phi) is 1.39. The van der Waals surface area contributed by atoms with Gasteiger partial charge >= 0.3 is 0 Å². The van der Waals surface area contributed by atoms with Gasteiger partial charge in [-0.2, -0.15) is 0 Å². The SMILES string of the molecule is CC1=CC=CC2NC=NC2=C1. The smallest absolute Gasteiger partial charge is 0.0891 e. The first kappa shape index (κ1) is 6.40. The predicted molar refractivity (Wildman–Crippen MR) is 46.4 cm³/mol. The van der Waals surface area contributed by atoms with Crippen LogP contribution in [0.15, 0.2) is 40.6 Å². The van der Waals surface area contributed by atoms with Gasteiger partial charge in [-0.1, -0.05) is 18.2 Å². The van der Waals surface area contributed by atoms with Crippen molar-refractivity contribution in [2.75, 3.05) is 0 Å². The van der Waals surface area contributed by atoms with E-state index in [9.17, 15) is 0 Å². The van der Waals surface area contributed by atoms with Gasteiger partial charge in [-0.25, -0.2) is 4.99 Å². The van der Waals surface area contributed by atoms with Crippen molar-refractivity contribution in [2.24, 2.45) is 4.99 Å². The van der Waals surface area contributed by atoms with Gasteiger partial charge in [0.25, 0.3) is 0 Å². The zero-order valence-electron chi connectivity index (χ0n) is 6.41. The molecule has 0 aromatic rings. The van der Waals surface area contributed by atoms with E-state index in [-0.39, 0.29) is 0 Å². The average molecular weight is 146 g/mol.